The van der Waals surface area contributed by atoms with Gasteiger partial charge in [0, 0.05) is 18.7 Å². The van der Waals surface area contributed by atoms with Crippen molar-refractivity contribution in [2.45, 2.75) is 26.4 Å². The number of rotatable bonds is 6. The Bertz CT molecular complexity index is 711. The van der Waals surface area contributed by atoms with Crippen molar-refractivity contribution in [3.8, 4) is 5.75 Å². The van der Waals surface area contributed by atoms with Gasteiger partial charge in [0.05, 0.1) is 13.2 Å². The largest absolute Gasteiger partial charge is 0.494 e. The minimum Gasteiger partial charge on any atom is -0.494 e. The molecule has 0 saturated carbocycles. The van der Waals surface area contributed by atoms with E-state index in [2.05, 4.69) is 12.1 Å². The highest BCUT2D eigenvalue weighted by molar-refractivity contribution is 5.94. The molecular weight excluding hydrogens is 314 g/mol. The van der Waals surface area contributed by atoms with Crippen LogP contribution in [-0.2, 0) is 13.0 Å². The van der Waals surface area contributed by atoms with Gasteiger partial charge in [0.1, 0.15) is 5.75 Å². The maximum atomic E-state index is 12.7. The smallest absolute Gasteiger partial charge is 0.253 e. The van der Waals surface area contributed by atoms with Gasteiger partial charge in [-0.25, -0.2) is 0 Å². The van der Waals surface area contributed by atoms with Crippen LogP contribution in [0.5, 0.6) is 5.75 Å². The molecule has 132 valence electrons. The van der Waals surface area contributed by atoms with Gasteiger partial charge in [-0.15, -0.1) is 0 Å². The summed E-state index contributed by atoms with van der Waals surface area (Å²) in [5, 5.41) is 9.12. The Kier molecular flexibility index (Phi) is 5.71. The first-order chi connectivity index (χ1) is 12.2. The average molecular weight is 339 g/mol. The number of benzene rings is 2. The van der Waals surface area contributed by atoms with E-state index in [1.165, 1.54) is 5.56 Å². The highest BCUT2D eigenvalue weighted by atomic mass is 16.5. The second-order valence-electron chi connectivity index (χ2n) is 6.55. The number of carbonyl (C=O) groups is 1. The normalized spacial score (nSPS) is 16.9. The lowest BCUT2D eigenvalue weighted by Crippen LogP contribution is -2.28. The number of ether oxygens (including phenoxy) is 1. The Hall–Kier alpha value is -2.33. The Morgan fingerprint density at radius 1 is 1.20 bits per heavy atom. The van der Waals surface area contributed by atoms with Crippen LogP contribution in [0.1, 0.15) is 34.8 Å². The van der Waals surface area contributed by atoms with Gasteiger partial charge in [0.15, 0.2) is 0 Å². The predicted molar refractivity (Wildman–Crippen MR) is 97.7 cm³/mol. The summed E-state index contributed by atoms with van der Waals surface area (Å²) < 4.78 is 5.49. The highest BCUT2D eigenvalue weighted by Crippen LogP contribution is 2.24. The molecule has 4 heteroatoms. The first-order valence-corrected chi connectivity index (χ1v) is 8.90. The maximum Gasteiger partial charge on any atom is 0.253 e. The Balaban J connectivity index is 1.59. The van der Waals surface area contributed by atoms with Crippen molar-refractivity contribution in [2.75, 3.05) is 19.7 Å². The average Bonchev–Trinajstić information content (AvgIpc) is 3.11. The van der Waals surface area contributed by atoms with Crippen LogP contribution in [0.3, 0.4) is 0 Å². The Labute approximate surface area is 149 Å². The summed E-state index contributed by atoms with van der Waals surface area (Å²) >= 11 is 0. The second-order valence-corrected chi connectivity index (χ2v) is 6.55. The molecule has 0 radical (unpaired) electrons. The monoisotopic (exact) mass is 339 g/mol. The van der Waals surface area contributed by atoms with Gasteiger partial charge >= 0.3 is 0 Å². The molecule has 2 aromatic carbocycles. The standard InChI is InChI=1S/C21H25NO3/c1-2-25-20-5-3-4-19(13-20)21(24)22-11-10-18(14-22)12-16-6-8-17(15-23)9-7-16/h3-9,13,18,23H,2,10-12,14-15H2,1H3/t18-/m1/s1. The van der Waals surface area contributed by atoms with Crippen molar-refractivity contribution in [1.29, 1.82) is 0 Å². The zero-order valence-electron chi connectivity index (χ0n) is 14.6. The van der Waals surface area contributed by atoms with Gasteiger partial charge in [-0.2, -0.15) is 0 Å². The van der Waals surface area contributed by atoms with Crippen LogP contribution in [0.15, 0.2) is 48.5 Å². The van der Waals surface area contributed by atoms with E-state index in [1.54, 1.807) is 0 Å². The van der Waals surface area contributed by atoms with E-state index in [-0.39, 0.29) is 12.5 Å². The molecule has 1 heterocycles. The fourth-order valence-corrected chi connectivity index (χ4v) is 3.37. The van der Waals surface area contributed by atoms with E-state index >= 15 is 0 Å². The second kappa shape index (κ2) is 8.17. The number of nitrogens with zero attached hydrogens (tertiary/aromatic N) is 1. The zero-order chi connectivity index (χ0) is 17.6. The van der Waals surface area contributed by atoms with Crippen LogP contribution < -0.4 is 4.74 Å². The number of likely N-dealkylation sites (tertiary alicyclic amines) is 1. The minimum absolute atomic E-state index is 0.0762. The van der Waals surface area contributed by atoms with Crippen molar-refractivity contribution in [3.63, 3.8) is 0 Å². The van der Waals surface area contributed by atoms with Crippen LogP contribution >= 0.6 is 0 Å². The first kappa shape index (κ1) is 17.5. The highest BCUT2D eigenvalue weighted by Gasteiger charge is 2.27. The van der Waals surface area contributed by atoms with Crippen LogP contribution in [-0.4, -0.2) is 35.6 Å². The number of amides is 1. The van der Waals surface area contributed by atoms with Gasteiger partial charge < -0.3 is 14.7 Å². The summed E-state index contributed by atoms with van der Waals surface area (Å²) in [6, 6.07) is 15.5. The number of carbonyl (C=O) groups excluding carboxylic acids is 1. The van der Waals surface area contributed by atoms with E-state index in [0.717, 1.165) is 37.2 Å². The van der Waals surface area contributed by atoms with Crippen LogP contribution in [0.2, 0.25) is 0 Å². The molecule has 1 aliphatic heterocycles. The molecule has 1 amide bonds. The third kappa shape index (κ3) is 4.40. The number of aliphatic hydroxyl groups is 1. The van der Waals surface area contributed by atoms with Gasteiger partial charge in [-0.3, -0.25) is 4.79 Å². The summed E-state index contributed by atoms with van der Waals surface area (Å²) in [5.74, 6) is 1.31. The molecular formula is C21H25NO3. The predicted octanol–water partition coefficient (Wildman–Crippen LogP) is 3.28. The van der Waals surface area contributed by atoms with Crippen molar-refractivity contribution in [1.82, 2.24) is 4.90 Å². The van der Waals surface area contributed by atoms with E-state index < -0.39 is 0 Å². The lowest BCUT2D eigenvalue weighted by molar-refractivity contribution is 0.0786. The fourth-order valence-electron chi connectivity index (χ4n) is 3.37. The molecule has 0 aliphatic carbocycles. The van der Waals surface area contributed by atoms with E-state index in [4.69, 9.17) is 9.84 Å². The Morgan fingerprint density at radius 3 is 2.68 bits per heavy atom. The molecule has 0 unspecified atom stereocenters. The van der Waals surface area contributed by atoms with Crippen molar-refractivity contribution in [3.05, 3.63) is 65.2 Å². The fraction of sp³-hybridized carbons (Fsp3) is 0.381. The van der Waals surface area contributed by atoms with E-state index in [9.17, 15) is 4.79 Å². The lowest BCUT2D eigenvalue weighted by atomic mass is 9.98. The molecule has 3 rings (SSSR count). The molecule has 1 saturated heterocycles. The van der Waals surface area contributed by atoms with Gasteiger partial charge in [0.25, 0.3) is 5.91 Å². The summed E-state index contributed by atoms with van der Waals surface area (Å²) in [7, 11) is 0. The maximum absolute atomic E-state index is 12.7. The summed E-state index contributed by atoms with van der Waals surface area (Å²) in [5.41, 5.74) is 2.88. The quantitative estimate of drug-likeness (QED) is 0.879. The minimum atomic E-state index is 0.0762. The lowest BCUT2D eigenvalue weighted by Gasteiger charge is -2.17. The van der Waals surface area contributed by atoms with Crippen LogP contribution in [0.25, 0.3) is 0 Å². The molecule has 25 heavy (non-hydrogen) atoms. The summed E-state index contributed by atoms with van der Waals surface area (Å²) in [6.45, 7) is 4.20. The topological polar surface area (TPSA) is 49.8 Å². The number of hydrogen-bond acceptors (Lipinski definition) is 3. The van der Waals surface area contributed by atoms with Crippen LogP contribution in [0, 0.1) is 5.92 Å². The van der Waals surface area contributed by atoms with E-state index in [0.29, 0.717) is 18.1 Å². The van der Waals surface area contributed by atoms with Crippen LogP contribution in [0.4, 0.5) is 0 Å². The molecule has 0 aromatic heterocycles. The number of hydrogen-bond donors (Lipinski definition) is 1. The molecule has 1 atom stereocenters. The number of aliphatic hydroxyl groups excluding tert-OH is 1. The Morgan fingerprint density at radius 2 is 1.96 bits per heavy atom. The molecule has 2 aromatic rings. The SMILES string of the molecule is CCOc1cccc(C(=O)N2CC[C@H](Cc3ccc(CO)cc3)C2)c1. The van der Waals surface area contributed by atoms with Crippen molar-refractivity contribution in [2.24, 2.45) is 5.92 Å². The third-order valence-electron chi connectivity index (χ3n) is 4.69. The van der Waals surface area contributed by atoms with Gasteiger partial charge in [-0.05, 0) is 55.0 Å². The molecule has 4 nitrogen and oxygen atoms in total. The van der Waals surface area contributed by atoms with Gasteiger partial charge in [0.2, 0.25) is 0 Å². The third-order valence-corrected chi connectivity index (χ3v) is 4.69. The molecule has 1 N–H and O–H groups in total. The molecule has 0 bridgehead atoms. The van der Waals surface area contributed by atoms with E-state index in [1.807, 2.05) is 48.2 Å². The molecule has 1 fully saturated rings. The first-order valence-electron chi connectivity index (χ1n) is 8.90. The zero-order valence-corrected chi connectivity index (χ0v) is 14.6. The summed E-state index contributed by atoms with van der Waals surface area (Å²) in [6.07, 6.45) is 1.99. The van der Waals surface area contributed by atoms with Crippen molar-refractivity contribution < 1.29 is 14.6 Å². The summed E-state index contributed by atoms with van der Waals surface area (Å²) in [4.78, 5) is 14.7. The van der Waals surface area contributed by atoms with Crippen molar-refractivity contribution >= 4 is 5.91 Å². The molecule has 1 aliphatic rings. The van der Waals surface area contributed by atoms with Gasteiger partial charge in [-0.1, -0.05) is 30.3 Å². The molecule has 0 spiro atoms.